The summed E-state index contributed by atoms with van der Waals surface area (Å²) in [6, 6.07) is 8.24. The standard InChI is InChI=1S/C14H15BrN4OS2/c1-8(12(20)16-10-5-6-10)21-14-19-18-13(22-14)17-11-4-2-3-9(15)7-11/h2-4,7-8,10H,5-6H2,1H3,(H,16,20)(H,17,18)/t8-/m1/s1. The second kappa shape index (κ2) is 6.97. The summed E-state index contributed by atoms with van der Waals surface area (Å²) in [6.45, 7) is 1.89. The fourth-order valence-corrected chi connectivity index (χ4v) is 4.07. The minimum atomic E-state index is -0.160. The van der Waals surface area contributed by atoms with Crippen LogP contribution in [0.2, 0.25) is 0 Å². The number of nitrogens with one attached hydrogen (secondary N) is 2. The number of aromatic nitrogens is 2. The number of thioether (sulfide) groups is 1. The van der Waals surface area contributed by atoms with Crippen molar-refractivity contribution >= 4 is 55.8 Å². The zero-order chi connectivity index (χ0) is 15.5. The molecule has 116 valence electrons. The molecule has 0 unspecified atom stereocenters. The number of hydrogen-bond donors (Lipinski definition) is 2. The number of rotatable bonds is 6. The van der Waals surface area contributed by atoms with Gasteiger partial charge in [-0.3, -0.25) is 4.79 Å². The van der Waals surface area contributed by atoms with Gasteiger partial charge in [-0.25, -0.2) is 0 Å². The van der Waals surface area contributed by atoms with Gasteiger partial charge >= 0.3 is 0 Å². The number of halogens is 1. The molecule has 1 saturated carbocycles. The Morgan fingerprint density at radius 2 is 2.27 bits per heavy atom. The topological polar surface area (TPSA) is 66.9 Å². The predicted octanol–water partition coefficient (Wildman–Crippen LogP) is 3.80. The SMILES string of the molecule is C[C@@H](Sc1nnc(Nc2cccc(Br)c2)s1)C(=O)NC1CC1. The van der Waals surface area contributed by atoms with Crippen molar-refractivity contribution < 1.29 is 4.79 Å². The summed E-state index contributed by atoms with van der Waals surface area (Å²) in [5.41, 5.74) is 0.946. The Labute approximate surface area is 145 Å². The molecule has 0 radical (unpaired) electrons. The smallest absolute Gasteiger partial charge is 0.233 e. The first kappa shape index (κ1) is 15.8. The van der Waals surface area contributed by atoms with E-state index in [1.165, 1.54) is 23.1 Å². The number of anilines is 2. The molecule has 1 aromatic heterocycles. The Balaban J connectivity index is 1.57. The highest BCUT2D eigenvalue weighted by Gasteiger charge is 2.26. The highest BCUT2D eigenvalue weighted by atomic mass is 79.9. The Hall–Kier alpha value is -1.12. The van der Waals surface area contributed by atoms with Crippen molar-refractivity contribution in [1.29, 1.82) is 0 Å². The number of carbonyl (C=O) groups is 1. The van der Waals surface area contributed by atoms with E-state index >= 15 is 0 Å². The average molecular weight is 399 g/mol. The highest BCUT2D eigenvalue weighted by molar-refractivity contribution is 9.10. The van der Waals surface area contributed by atoms with E-state index in [4.69, 9.17) is 0 Å². The molecule has 1 atom stereocenters. The largest absolute Gasteiger partial charge is 0.352 e. The van der Waals surface area contributed by atoms with Crippen molar-refractivity contribution in [3.05, 3.63) is 28.7 Å². The van der Waals surface area contributed by atoms with Gasteiger partial charge in [-0.2, -0.15) is 0 Å². The lowest BCUT2D eigenvalue weighted by Crippen LogP contribution is -2.32. The molecule has 0 aliphatic heterocycles. The lowest BCUT2D eigenvalue weighted by molar-refractivity contribution is -0.120. The molecule has 8 heteroatoms. The van der Waals surface area contributed by atoms with Crippen LogP contribution in [0.4, 0.5) is 10.8 Å². The van der Waals surface area contributed by atoms with Gasteiger partial charge in [0.1, 0.15) is 0 Å². The summed E-state index contributed by atoms with van der Waals surface area (Å²) in [5.74, 6) is 0.0733. The van der Waals surface area contributed by atoms with E-state index < -0.39 is 0 Å². The Bertz CT molecular complexity index is 674. The Kier molecular flexibility index (Phi) is 5.00. The lowest BCUT2D eigenvalue weighted by atomic mass is 10.3. The van der Waals surface area contributed by atoms with Gasteiger partial charge in [0.2, 0.25) is 11.0 Å². The maximum absolute atomic E-state index is 11.9. The number of amides is 1. The van der Waals surface area contributed by atoms with Crippen molar-refractivity contribution in [2.24, 2.45) is 0 Å². The maximum atomic E-state index is 11.9. The van der Waals surface area contributed by atoms with Crippen molar-refractivity contribution in [3.8, 4) is 0 Å². The minimum absolute atomic E-state index is 0.0733. The fraction of sp³-hybridized carbons (Fsp3) is 0.357. The lowest BCUT2D eigenvalue weighted by Gasteiger charge is -2.08. The summed E-state index contributed by atoms with van der Waals surface area (Å²) in [7, 11) is 0. The van der Waals surface area contributed by atoms with E-state index in [1.54, 1.807) is 0 Å². The molecule has 1 aliphatic rings. The molecule has 1 heterocycles. The van der Waals surface area contributed by atoms with Crippen molar-refractivity contribution in [1.82, 2.24) is 15.5 Å². The van der Waals surface area contributed by atoms with Crippen LogP contribution in [0.15, 0.2) is 33.1 Å². The van der Waals surface area contributed by atoms with Crippen LogP contribution in [0.25, 0.3) is 0 Å². The fourth-order valence-electron chi connectivity index (χ4n) is 1.75. The van der Waals surface area contributed by atoms with Gasteiger partial charge in [0, 0.05) is 16.2 Å². The third-order valence-corrected chi connectivity index (χ3v) is 5.57. The van der Waals surface area contributed by atoms with Crippen LogP contribution in [-0.4, -0.2) is 27.4 Å². The van der Waals surface area contributed by atoms with Gasteiger partial charge in [-0.15, -0.1) is 10.2 Å². The van der Waals surface area contributed by atoms with Crippen molar-refractivity contribution in [3.63, 3.8) is 0 Å². The predicted molar refractivity (Wildman–Crippen MR) is 93.8 cm³/mol. The van der Waals surface area contributed by atoms with E-state index in [0.29, 0.717) is 6.04 Å². The molecule has 3 rings (SSSR count). The molecule has 1 aromatic carbocycles. The molecule has 2 aromatic rings. The summed E-state index contributed by atoms with van der Waals surface area (Å²) >= 11 is 6.32. The van der Waals surface area contributed by atoms with Crippen LogP contribution >= 0.6 is 39.0 Å². The van der Waals surface area contributed by atoms with Gasteiger partial charge in [-0.1, -0.05) is 45.1 Å². The second-order valence-corrected chi connectivity index (χ2v) is 8.53. The summed E-state index contributed by atoms with van der Waals surface area (Å²) < 4.78 is 1.79. The first-order valence-electron chi connectivity index (χ1n) is 6.93. The highest BCUT2D eigenvalue weighted by Crippen LogP contribution is 2.31. The molecular formula is C14H15BrN4OS2. The molecular weight excluding hydrogens is 384 g/mol. The van der Waals surface area contributed by atoms with Crippen LogP contribution < -0.4 is 10.6 Å². The molecule has 1 fully saturated rings. The average Bonchev–Trinajstić information content (AvgIpc) is 3.18. The van der Waals surface area contributed by atoms with Gasteiger partial charge in [-0.05, 0) is 38.0 Å². The summed E-state index contributed by atoms with van der Waals surface area (Å²) in [5, 5.41) is 15.0. The molecule has 5 nitrogen and oxygen atoms in total. The summed E-state index contributed by atoms with van der Waals surface area (Å²) in [6.07, 6.45) is 2.20. The van der Waals surface area contributed by atoms with E-state index in [1.807, 2.05) is 31.2 Å². The normalized spacial score (nSPS) is 15.4. The Morgan fingerprint density at radius 3 is 3.00 bits per heavy atom. The molecule has 0 bridgehead atoms. The third kappa shape index (κ3) is 4.44. The minimum Gasteiger partial charge on any atom is -0.352 e. The molecule has 2 N–H and O–H groups in total. The molecule has 1 amide bonds. The van der Waals surface area contributed by atoms with Crippen LogP contribution in [0.3, 0.4) is 0 Å². The van der Waals surface area contributed by atoms with E-state index in [-0.39, 0.29) is 11.2 Å². The summed E-state index contributed by atoms with van der Waals surface area (Å²) in [4.78, 5) is 11.9. The number of carbonyl (C=O) groups excluding carboxylic acids is 1. The second-order valence-electron chi connectivity index (χ2n) is 5.05. The van der Waals surface area contributed by atoms with Crippen LogP contribution in [-0.2, 0) is 4.79 Å². The van der Waals surface area contributed by atoms with Crippen molar-refractivity contribution in [2.75, 3.05) is 5.32 Å². The van der Waals surface area contributed by atoms with E-state index in [9.17, 15) is 4.79 Å². The first-order chi connectivity index (χ1) is 10.6. The number of hydrogen-bond acceptors (Lipinski definition) is 6. The van der Waals surface area contributed by atoms with Gasteiger partial charge in [0.15, 0.2) is 4.34 Å². The monoisotopic (exact) mass is 398 g/mol. The van der Waals surface area contributed by atoms with Gasteiger partial charge in [0.25, 0.3) is 0 Å². The maximum Gasteiger partial charge on any atom is 0.233 e. The van der Waals surface area contributed by atoms with Crippen LogP contribution in [0.5, 0.6) is 0 Å². The van der Waals surface area contributed by atoms with Crippen LogP contribution in [0.1, 0.15) is 19.8 Å². The van der Waals surface area contributed by atoms with Crippen LogP contribution in [0, 0.1) is 0 Å². The number of nitrogens with zero attached hydrogens (tertiary/aromatic N) is 2. The van der Waals surface area contributed by atoms with E-state index in [0.717, 1.165) is 32.5 Å². The zero-order valence-corrected chi connectivity index (χ0v) is 15.1. The Morgan fingerprint density at radius 1 is 1.45 bits per heavy atom. The molecule has 0 saturated heterocycles. The third-order valence-electron chi connectivity index (χ3n) is 3.05. The van der Waals surface area contributed by atoms with Gasteiger partial charge in [0.05, 0.1) is 5.25 Å². The van der Waals surface area contributed by atoms with Crippen molar-refractivity contribution in [2.45, 2.75) is 35.4 Å². The first-order valence-corrected chi connectivity index (χ1v) is 9.42. The van der Waals surface area contributed by atoms with Gasteiger partial charge < -0.3 is 10.6 Å². The quantitative estimate of drug-likeness (QED) is 0.724. The number of benzene rings is 1. The molecule has 0 spiro atoms. The molecule has 22 heavy (non-hydrogen) atoms. The molecule has 1 aliphatic carbocycles. The zero-order valence-electron chi connectivity index (χ0n) is 11.9. The van der Waals surface area contributed by atoms with E-state index in [2.05, 4.69) is 36.8 Å².